The number of phenolic OH excluding ortho intramolecular Hbond substituents is 1. The fourth-order valence-corrected chi connectivity index (χ4v) is 4.14. The zero-order valence-electron chi connectivity index (χ0n) is 16.1. The molecule has 0 amide bonds. The molecule has 1 N–H and O–H groups in total. The van der Waals surface area contributed by atoms with Crippen molar-refractivity contribution in [2.24, 2.45) is 0 Å². The second-order valence-electron chi connectivity index (χ2n) is 7.34. The SMILES string of the molecule is Oc1ccc2c(c1)Oc1ncn3nc(-c4ccc(Cl)cc4)nc3c1[C@H]2c1ccccc1. The highest BCUT2D eigenvalue weighted by molar-refractivity contribution is 6.30. The van der Waals surface area contributed by atoms with E-state index in [2.05, 4.69) is 22.2 Å². The van der Waals surface area contributed by atoms with Crippen molar-refractivity contribution in [2.75, 3.05) is 0 Å². The number of phenols is 1. The minimum Gasteiger partial charge on any atom is -0.508 e. The van der Waals surface area contributed by atoms with E-state index in [1.807, 2.05) is 48.5 Å². The van der Waals surface area contributed by atoms with Crippen LogP contribution in [-0.4, -0.2) is 24.7 Å². The van der Waals surface area contributed by atoms with Crippen LogP contribution in [0, 0.1) is 0 Å². The molecule has 0 saturated carbocycles. The molecule has 0 unspecified atom stereocenters. The summed E-state index contributed by atoms with van der Waals surface area (Å²) in [5, 5.41) is 15.3. The molecule has 0 aliphatic carbocycles. The predicted molar refractivity (Wildman–Crippen MR) is 117 cm³/mol. The van der Waals surface area contributed by atoms with Gasteiger partial charge in [0.15, 0.2) is 11.5 Å². The molecule has 6 nitrogen and oxygen atoms in total. The summed E-state index contributed by atoms with van der Waals surface area (Å²) < 4.78 is 7.75. The summed E-state index contributed by atoms with van der Waals surface area (Å²) in [5.74, 6) is 1.59. The molecule has 2 aromatic heterocycles. The van der Waals surface area contributed by atoms with Gasteiger partial charge in [0.2, 0.25) is 5.88 Å². The monoisotopic (exact) mass is 426 g/mol. The molecule has 0 spiro atoms. The number of aromatic hydroxyl groups is 1. The maximum Gasteiger partial charge on any atom is 0.228 e. The Labute approximate surface area is 182 Å². The Balaban J connectivity index is 1.61. The predicted octanol–water partition coefficient (Wildman–Crippen LogP) is 5.44. The number of rotatable bonds is 2. The first kappa shape index (κ1) is 17.9. The minimum atomic E-state index is -0.168. The van der Waals surface area contributed by atoms with Crippen LogP contribution in [0.25, 0.3) is 17.0 Å². The van der Waals surface area contributed by atoms with Gasteiger partial charge in [0.05, 0.1) is 5.56 Å². The molecule has 1 aliphatic rings. The van der Waals surface area contributed by atoms with E-state index in [9.17, 15) is 5.11 Å². The van der Waals surface area contributed by atoms with E-state index in [-0.39, 0.29) is 11.7 Å². The van der Waals surface area contributed by atoms with E-state index >= 15 is 0 Å². The lowest BCUT2D eigenvalue weighted by atomic mass is 9.84. The van der Waals surface area contributed by atoms with Crippen LogP contribution >= 0.6 is 11.6 Å². The van der Waals surface area contributed by atoms with E-state index in [4.69, 9.17) is 21.3 Å². The Morgan fingerprint density at radius 1 is 0.968 bits per heavy atom. The number of ether oxygens (including phenoxy) is 1. The Morgan fingerprint density at radius 2 is 1.77 bits per heavy atom. The van der Waals surface area contributed by atoms with Crippen molar-refractivity contribution < 1.29 is 9.84 Å². The van der Waals surface area contributed by atoms with Gasteiger partial charge in [-0.3, -0.25) is 0 Å². The van der Waals surface area contributed by atoms with Gasteiger partial charge in [-0.05, 0) is 35.9 Å². The summed E-state index contributed by atoms with van der Waals surface area (Å²) in [6.45, 7) is 0. The van der Waals surface area contributed by atoms with E-state index in [0.717, 1.165) is 22.3 Å². The fraction of sp³-hybridized carbons (Fsp3) is 0.0417. The van der Waals surface area contributed by atoms with Gasteiger partial charge in [-0.1, -0.05) is 48.0 Å². The number of hydrogen-bond donors (Lipinski definition) is 1. The summed E-state index contributed by atoms with van der Waals surface area (Å²) in [7, 11) is 0. The lowest BCUT2D eigenvalue weighted by Crippen LogP contribution is -2.14. The van der Waals surface area contributed by atoms with Gasteiger partial charge in [-0.25, -0.2) is 14.5 Å². The Morgan fingerprint density at radius 3 is 2.58 bits per heavy atom. The first-order valence-electron chi connectivity index (χ1n) is 9.74. The normalized spacial score (nSPS) is 14.7. The van der Waals surface area contributed by atoms with Crippen LogP contribution in [0.3, 0.4) is 0 Å². The van der Waals surface area contributed by atoms with Gasteiger partial charge < -0.3 is 9.84 Å². The molecule has 7 heteroatoms. The van der Waals surface area contributed by atoms with Crippen molar-refractivity contribution in [1.29, 1.82) is 0 Å². The highest BCUT2D eigenvalue weighted by Crippen LogP contribution is 2.48. The van der Waals surface area contributed by atoms with Crippen molar-refractivity contribution in [1.82, 2.24) is 19.6 Å². The van der Waals surface area contributed by atoms with Gasteiger partial charge in [0.25, 0.3) is 0 Å². The molecule has 0 saturated heterocycles. The molecular formula is C24H15ClN4O2. The lowest BCUT2D eigenvalue weighted by Gasteiger charge is -2.27. The smallest absolute Gasteiger partial charge is 0.228 e. The molecule has 6 rings (SSSR count). The van der Waals surface area contributed by atoms with Crippen molar-refractivity contribution in [3.8, 4) is 28.8 Å². The molecule has 150 valence electrons. The molecule has 0 fully saturated rings. The molecule has 0 bridgehead atoms. The summed E-state index contributed by atoms with van der Waals surface area (Å²) in [4.78, 5) is 9.34. The largest absolute Gasteiger partial charge is 0.508 e. The highest BCUT2D eigenvalue weighted by atomic mass is 35.5. The first-order chi connectivity index (χ1) is 15.2. The number of nitrogens with zero attached hydrogens (tertiary/aromatic N) is 4. The van der Waals surface area contributed by atoms with Crippen molar-refractivity contribution in [3.63, 3.8) is 0 Å². The van der Waals surface area contributed by atoms with E-state index in [0.29, 0.717) is 28.1 Å². The first-order valence-corrected chi connectivity index (χ1v) is 10.1. The molecule has 31 heavy (non-hydrogen) atoms. The summed E-state index contributed by atoms with van der Waals surface area (Å²) in [5.41, 5.74) is 4.37. The molecular weight excluding hydrogens is 412 g/mol. The third-order valence-corrected chi connectivity index (χ3v) is 5.68. The Bertz CT molecular complexity index is 1430. The van der Waals surface area contributed by atoms with Crippen molar-refractivity contribution in [3.05, 3.63) is 101 Å². The lowest BCUT2D eigenvalue weighted by molar-refractivity contribution is 0.422. The number of fused-ring (bicyclic) bond motifs is 4. The summed E-state index contributed by atoms with van der Waals surface area (Å²) in [6.07, 6.45) is 1.59. The van der Waals surface area contributed by atoms with Crippen LogP contribution in [0.2, 0.25) is 5.02 Å². The van der Waals surface area contributed by atoms with Gasteiger partial charge in [0, 0.05) is 28.1 Å². The molecule has 0 radical (unpaired) electrons. The topological polar surface area (TPSA) is 72.5 Å². The average Bonchev–Trinajstić information content (AvgIpc) is 3.23. The number of aromatic nitrogens is 4. The quantitative estimate of drug-likeness (QED) is 0.399. The summed E-state index contributed by atoms with van der Waals surface area (Å²) in [6, 6.07) is 22.7. The summed E-state index contributed by atoms with van der Waals surface area (Å²) >= 11 is 6.03. The molecule has 3 aromatic carbocycles. The minimum absolute atomic E-state index is 0.141. The van der Waals surface area contributed by atoms with Crippen LogP contribution in [-0.2, 0) is 0 Å². The second-order valence-corrected chi connectivity index (χ2v) is 7.78. The maximum atomic E-state index is 9.98. The maximum absolute atomic E-state index is 9.98. The van der Waals surface area contributed by atoms with Gasteiger partial charge in [-0.15, -0.1) is 5.10 Å². The average molecular weight is 427 g/mol. The van der Waals surface area contributed by atoms with Crippen LogP contribution < -0.4 is 4.74 Å². The van der Waals surface area contributed by atoms with E-state index < -0.39 is 0 Å². The molecule has 5 aromatic rings. The highest BCUT2D eigenvalue weighted by Gasteiger charge is 2.33. The van der Waals surface area contributed by atoms with Crippen LogP contribution in [0.15, 0.2) is 79.1 Å². The number of halogens is 1. The zero-order chi connectivity index (χ0) is 20.9. The Hall–Kier alpha value is -3.90. The van der Waals surface area contributed by atoms with Crippen LogP contribution in [0.4, 0.5) is 0 Å². The molecule has 1 aliphatic heterocycles. The Kier molecular flexibility index (Phi) is 3.94. The van der Waals surface area contributed by atoms with Crippen molar-refractivity contribution >= 4 is 17.2 Å². The number of benzene rings is 3. The third kappa shape index (κ3) is 2.92. The van der Waals surface area contributed by atoms with Crippen LogP contribution in [0.1, 0.15) is 22.6 Å². The fourth-order valence-electron chi connectivity index (χ4n) is 4.02. The van der Waals surface area contributed by atoms with Crippen molar-refractivity contribution in [2.45, 2.75) is 5.92 Å². The third-order valence-electron chi connectivity index (χ3n) is 5.43. The van der Waals surface area contributed by atoms with Gasteiger partial charge in [0.1, 0.15) is 17.8 Å². The zero-order valence-corrected chi connectivity index (χ0v) is 16.9. The second kappa shape index (κ2) is 6.82. The van der Waals surface area contributed by atoms with Crippen LogP contribution in [0.5, 0.6) is 17.4 Å². The van der Waals surface area contributed by atoms with Gasteiger partial charge >= 0.3 is 0 Å². The van der Waals surface area contributed by atoms with E-state index in [1.54, 1.807) is 23.0 Å². The molecule has 1 atom stereocenters. The number of hydrogen-bond acceptors (Lipinski definition) is 5. The standard InChI is InChI=1S/C24H15ClN4O2/c25-16-8-6-15(7-9-16)22-27-23-21-20(14-4-2-1-3-5-14)18-11-10-17(30)12-19(18)31-24(21)26-13-29(23)28-22/h1-13,20,30H/t20-/m0/s1. The van der Waals surface area contributed by atoms with E-state index in [1.165, 1.54) is 0 Å². The van der Waals surface area contributed by atoms with Gasteiger partial charge in [-0.2, -0.15) is 0 Å². The molecule has 3 heterocycles.